The highest BCUT2D eigenvalue weighted by Crippen LogP contribution is 2.29. The van der Waals surface area contributed by atoms with Crippen LogP contribution < -0.4 is 21.3 Å². The van der Waals surface area contributed by atoms with Crippen LogP contribution in [0.1, 0.15) is 18.4 Å². The van der Waals surface area contributed by atoms with Crippen LogP contribution in [0.3, 0.4) is 0 Å². The first kappa shape index (κ1) is 17.5. The van der Waals surface area contributed by atoms with Crippen LogP contribution in [0.25, 0.3) is 11.7 Å². The SMILES string of the molecule is O=C1NC(=O)C(=Cc2cnn3c(NC4CC4)cc(Nc4cccc(Cl)c4)nc23)N1. The van der Waals surface area contributed by atoms with Crippen LogP contribution in [0, 0.1) is 0 Å². The summed E-state index contributed by atoms with van der Waals surface area (Å²) in [6.07, 6.45) is 5.37. The summed E-state index contributed by atoms with van der Waals surface area (Å²) in [5, 5.41) is 16.4. The topological polar surface area (TPSA) is 112 Å². The van der Waals surface area contributed by atoms with Crippen LogP contribution in [-0.4, -0.2) is 32.6 Å². The number of benzene rings is 1. The lowest BCUT2D eigenvalue weighted by atomic mass is 10.2. The monoisotopic (exact) mass is 409 g/mol. The van der Waals surface area contributed by atoms with Gasteiger partial charge in [0.25, 0.3) is 5.91 Å². The largest absolute Gasteiger partial charge is 0.367 e. The third kappa shape index (κ3) is 3.59. The van der Waals surface area contributed by atoms with Gasteiger partial charge in [-0.2, -0.15) is 9.61 Å². The normalized spacial score (nSPS) is 17.5. The quantitative estimate of drug-likeness (QED) is 0.381. The Morgan fingerprint density at radius 3 is 2.79 bits per heavy atom. The van der Waals surface area contributed by atoms with Gasteiger partial charge in [-0.3, -0.25) is 10.1 Å². The number of rotatable bonds is 5. The molecule has 0 radical (unpaired) electrons. The second-order valence-electron chi connectivity index (χ2n) is 6.88. The van der Waals surface area contributed by atoms with E-state index in [1.807, 2.05) is 18.2 Å². The standard InChI is InChI=1S/C19H16ClN7O2/c20-11-2-1-3-13(7-11)22-15-8-16(23-12-4-5-12)27-17(25-15)10(9-21-27)6-14-18(28)26-19(29)24-14/h1-3,6-9,12,23H,4-5H2,(H,22,25)(H2,24,26,28,29). The number of amides is 3. The number of nitrogens with zero attached hydrogens (tertiary/aromatic N) is 3. The van der Waals surface area contributed by atoms with Crippen LogP contribution in [-0.2, 0) is 4.79 Å². The van der Waals surface area contributed by atoms with Gasteiger partial charge in [-0.15, -0.1) is 0 Å². The minimum absolute atomic E-state index is 0.150. The highest BCUT2D eigenvalue weighted by molar-refractivity contribution is 6.30. The van der Waals surface area contributed by atoms with E-state index in [0.29, 0.717) is 28.1 Å². The number of aromatic nitrogens is 3. The highest BCUT2D eigenvalue weighted by atomic mass is 35.5. The van der Waals surface area contributed by atoms with E-state index in [2.05, 4.69) is 31.3 Å². The smallest absolute Gasteiger partial charge is 0.326 e. The zero-order chi connectivity index (χ0) is 20.0. The maximum atomic E-state index is 11.9. The average molecular weight is 410 g/mol. The minimum Gasteiger partial charge on any atom is -0.367 e. The summed E-state index contributed by atoms with van der Waals surface area (Å²) in [5.74, 6) is 0.897. The van der Waals surface area contributed by atoms with Crippen LogP contribution in [0.2, 0.25) is 5.02 Å². The molecule has 1 aliphatic heterocycles. The van der Waals surface area contributed by atoms with Crippen molar-refractivity contribution in [3.63, 3.8) is 0 Å². The van der Waals surface area contributed by atoms with Gasteiger partial charge in [-0.1, -0.05) is 17.7 Å². The lowest BCUT2D eigenvalue weighted by Gasteiger charge is -2.12. The Morgan fingerprint density at radius 1 is 1.21 bits per heavy atom. The van der Waals surface area contributed by atoms with E-state index in [-0.39, 0.29) is 5.70 Å². The Hall–Kier alpha value is -3.59. The van der Waals surface area contributed by atoms with Crippen molar-refractivity contribution >= 4 is 52.6 Å². The molecule has 1 saturated carbocycles. The summed E-state index contributed by atoms with van der Waals surface area (Å²) in [7, 11) is 0. The number of hydrogen-bond acceptors (Lipinski definition) is 6. The predicted molar refractivity (Wildman–Crippen MR) is 109 cm³/mol. The van der Waals surface area contributed by atoms with Gasteiger partial charge < -0.3 is 16.0 Å². The van der Waals surface area contributed by atoms with Crippen molar-refractivity contribution in [2.75, 3.05) is 10.6 Å². The summed E-state index contributed by atoms with van der Waals surface area (Å²) in [6, 6.07) is 9.08. The number of imide groups is 1. The van der Waals surface area contributed by atoms with E-state index < -0.39 is 11.9 Å². The number of carbonyl (C=O) groups excluding carboxylic acids is 2. The van der Waals surface area contributed by atoms with E-state index in [4.69, 9.17) is 11.6 Å². The van der Waals surface area contributed by atoms with Crippen molar-refractivity contribution in [2.24, 2.45) is 0 Å². The molecule has 3 heterocycles. The van der Waals surface area contributed by atoms with Gasteiger partial charge in [0.1, 0.15) is 17.3 Å². The van der Waals surface area contributed by atoms with E-state index in [1.54, 1.807) is 28.9 Å². The maximum Gasteiger partial charge on any atom is 0.326 e. The van der Waals surface area contributed by atoms with Crippen LogP contribution in [0.5, 0.6) is 0 Å². The molecule has 0 bridgehead atoms. The first-order valence-electron chi connectivity index (χ1n) is 9.07. The first-order valence-corrected chi connectivity index (χ1v) is 9.45. The molecule has 146 valence electrons. The van der Waals surface area contributed by atoms with Gasteiger partial charge in [0.2, 0.25) is 0 Å². The molecule has 0 unspecified atom stereocenters. The summed E-state index contributed by atoms with van der Waals surface area (Å²) in [5.41, 5.74) is 2.10. The first-order chi connectivity index (χ1) is 14.0. The van der Waals surface area contributed by atoms with Crippen molar-refractivity contribution < 1.29 is 9.59 Å². The van der Waals surface area contributed by atoms with Gasteiger partial charge in [0.05, 0.1) is 6.20 Å². The Labute approximate surface area is 170 Å². The van der Waals surface area contributed by atoms with Crippen molar-refractivity contribution in [2.45, 2.75) is 18.9 Å². The second kappa shape index (κ2) is 6.78. The van der Waals surface area contributed by atoms with E-state index in [9.17, 15) is 9.59 Å². The molecule has 2 aliphatic rings. The van der Waals surface area contributed by atoms with E-state index in [1.165, 1.54) is 0 Å². The number of carbonyl (C=O) groups is 2. The van der Waals surface area contributed by atoms with E-state index in [0.717, 1.165) is 24.3 Å². The third-order valence-electron chi connectivity index (χ3n) is 4.55. The highest BCUT2D eigenvalue weighted by Gasteiger charge is 2.25. The van der Waals surface area contributed by atoms with Gasteiger partial charge in [-0.05, 0) is 37.1 Å². The summed E-state index contributed by atoms with van der Waals surface area (Å²) in [6.45, 7) is 0. The molecule has 1 aliphatic carbocycles. The molecule has 5 rings (SSSR count). The van der Waals surface area contributed by atoms with Crippen LogP contribution in [0.4, 0.5) is 22.1 Å². The van der Waals surface area contributed by atoms with Crippen molar-refractivity contribution in [3.05, 3.63) is 52.8 Å². The number of nitrogens with one attached hydrogen (secondary N) is 4. The molecule has 1 saturated heterocycles. The Bertz CT molecular complexity index is 1180. The molecule has 0 atom stereocenters. The Morgan fingerprint density at radius 2 is 2.07 bits per heavy atom. The molecular weight excluding hydrogens is 394 g/mol. The van der Waals surface area contributed by atoms with Gasteiger partial charge in [0.15, 0.2) is 5.65 Å². The predicted octanol–water partition coefficient (Wildman–Crippen LogP) is 2.88. The molecule has 2 aromatic heterocycles. The van der Waals surface area contributed by atoms with E-state index >= 15 is 0 Å². The average Bonchev–Trinajstić information content (AvgIpc) is 3.31. The Kier molecular flexibility index (Phi) is 4.09. The molecule has 2 fully saturated rings. The number of halogens is 1. The van der Waals surface area contributed by atoms with Crippen molar-refractivity contribution in [1.82, 2.24) is 25.2 Å². The maximum absolute atomic E-state index is 11.9. The molecule has 29 heavy (non-hydrogen) atoms. The van der Waals surface area contributed by atoms with Gasteiger partial charge in [0, 0.05) is 28.4 Å². The summed E-state index contributed by atoms with van der Waals surface area (Å²) < 4.78 is 1.68. The number of anilines is 3. The fraction of sp³-hybridized carbons (Fsp3) is 0.158. The van der Waals surface area contributed by atoms with Gasteiger partial charge in [-0.25, -0.2) is 9.78 Å². The number of urea groups is 1. The van der Waals surface area contributed by atoms with Gasteiger partial charge >= 0.3 is 6.03 Å². The fourth-order valence-electron chi connectivity index (χ4n) is 3.04. The second-order valence-corrected chi connectivity index (χ2v) is 7.32. The van der Waals surface area contributed by atoms with Crippen LogP contribution >= 0.6 is 11.6 Å². The lowest BCUT2D eigenvalue weighted by Crippen LogP contribution is -2.22. The summed E-state index contributed by atoms with van der Waals surface area (Å²) in [4.78, 5) is 27.9. The molecule has 3 amide bonds. The van der Waals surface area contributed by atoms with Crippen LogP contribution in [0.15, 0.2) is 42.2 Å². The zero-order valence-corrected chi connectivity index (χ0v) is 15.8. The molecular formula is C19H16ClN7O2. The number of fused-ring (bicyclic) bond motifs is 1. The fourth-order valence-corrected chi connectivity index (χ4v) is 3.23. The molecule has 1 aromatic carbocycles. The molecule has 4 N–H and O–H groups in total. The zero-order valence-electron chi connectivity index (χ0n) is 15.1. The number of hydrogen-bond donors (Lipinski definition) is 4. The molecule has 10 heteroatoms. The lowest BCUT2D eigenvalue weighted by molar-refractivity contribution is -0.115. The van der Waals surface area contributed by atoms with Crippen molar-refractivity contribution in [1.29, 1.82) is 0 Å². The Balaban J connectivity index is 1.57. The molecule has 0 spiro atoms. The van der Waals surface area contributed by atoms with Crippen molar-refractivity contribution in [3.8, 4) is 0 Å². The molecule has 9 nitrogen and oxygen atoms in total. The summed E-state index contributed by atoms with van der Waals surface area (Å²) >= 11 is 6.08. The molecule has 3 aromatic rings. The minimum atomic E-state index is -0.551. The third-order valence-corrected chi connectivity index (χ3v) is 4.78.